The summed E-state index contributed by atoms with van der Waals surface area (Å²) >= 11 is 0. The first-order valence-corrected chi connectivity index (χ1v) is 14.3. The third-order valence-electron chi connectivity index (χ3n) is 7.86. The molecule has 3 aromatic heterocycles. The predicted molar refractivity (Wildman–Crippen MR) is 155 cm³/mol. The van der Waals surface area contributed by atoms with Crippen LogP contribution in [-0.4, -0.2) is 77.9 Å². The molecule has 2 amide bonds. The average Bonchev–Trinajstić information content (AvgIpc) is 3.62. The molecule has 1 atom stereocenters. The van der Waals surface area contributed by atoms with Crippen LogP contribution in [0.3, 0.4) is 0 Å². The lowest BCUT2D eigenvalue weighted by molar-refractivity contribution is -0.0365. The van der Waals surface area contributed by atoms with Crippen molar-refractivity contribution in [3.05, 3.63) is 53.6 Å². The van der Waals surface area contributed by atoms with Gasteiger partial charge in [-0.3, -0.25) is 9.78 Å². The highest BCUT2D eigenvalue weighted by molar-refractivity contribution is 5.97. The summed E-state index contributed by atoms with van der Waals surface area (Å²) in [5, 5.41) is 15.4. The number of hydrogen-bond acceptors (Lipinski definition) is 6. The molecule has 1 fully saturated rings. The van der Waals surface area contributed by atoms with Crippen molar-refractivity contribution < 1.29 is 19.4 Å². The number of benzene rings is 1. The number of carboxylic acid groups (broad SMARTS) is 1. The van der Waals surface area contributed by atoms with Gasteiger partial charge < -0.3 is 24.6 Å². The minimum absolute atomic E-state index is 0.102. The molecule has 1 aromatic carbocycles. The zero-order chi connectivity index (χ0) is 29.1. The summed E-state index contributed by atoms with van der Waals surface area (Å²) in [6.07, 6.45) is 6.92. The number of fused-ring (bicyclic) bond motifs is 1. The van der Waals surface area contributed by atoms with Crippen molar-refractivity contribution >= 4 is 22.9 Å². The van der Waals surface area contributed by atoms with Crippen LogP contribution in [0.4, 0.5) is 4.79 Å². The van der Waals surface area contributed by atoms with E-state index >= 15 is 0 Å². The summed E-state index contributed by atoms with van der Waals surface area (Å²) < 4.78 is 8.01. The molecule has 11 heteroatoms. The Morgan fingerprint density at radius 3 is 2.56 bits per heavy atom. The summed E-state index contributed by atoms with van der Waals surface area (Å²) in [6.45, 7) is 10.3. The highest BCUT2D eigenvalue weighted by Gasteiger charge is 2.25. The molecule has 0 radical (unpaired) electrons. The number of aromatic nitrogens is 5. The Kier molecular flexibility index (Phi) is 8.34. The van der Waals surface area contributed by atoms with E-state index in [0.717, 1.165) is 52.4 Å². The highest BCUT2D eigenvalue weighted by Crippen LogP contribution is 2.35. The Morgan fingerprint density at radius 2 is 1.88 bits per heavy atom. The van der Waals surface area contributed by atoms with Crippen LogP contribution in [0.5, 0.6) is 0 Å². The topological polar surface area (TPSA) is 129 Å². The van der Waals surface area contributed by atoms with Crippen LogP contribution in [0.25, 0.3) is 33.5 Å². The number of pyridine rings is 1. The molecule has 0 bridgehead atoms. The van der Waals surface area contributed by atoms with Crippen molar-refractivity contribution in [1.29, 1.82) is 0 Å². The largest absolute Gasteiger partial charge is 0.465 e. The Balaban J connectivity index is 1.60. The number of H-pyrrole nitrogens is 1. The molecular formula is C30H37N7O4. The van der Waals surface area contributed by atoms with Crippen LogP contribution in [0.15, 0.2) is 36.8 Å². The first kappa shape index (κ1) is 28.3. The number of amides is 2. The number of rotatable bonds is 9. The van der Waals surface area contributed by atoms with E-state index in [0.29, 0.717) is 43.5 Å². The quantitative estimate of drug-likeness (QED) is 0.278. The van der Waals surface area contributed by atoms with E-state index in [1.165, 1.54) is 4.90 Å². The molecule has 4 aromatic rings. The monoisotopic (exact) mass is 559 g/mol. The normalized spacial score (nSPS) is 15.3. The number of nitrogens with one attached hydrogen (secondary N) is 1. The lowest BCUT2D eigenvalue weighted by Gasteiger charge is -2.23. The van der Waals surface area contributed by atoms with Gasteiger partial charge in [0.25, 0.3) is 5.91 Å². The Bertz CT molecular complexity index is 1550. The lowest BCUT2D eigenvalue weighted by Crippen LogP contribution is -2.30. The van der Waals surface area contributed by atoms with Crippen LogP contribution in [0.2, 0.25) is 0 Å². The third-order valence-corrected chi connectivity index (χ3v) is 7.86. The highest BCUT2D eigenvalue weighted by atomic mass is 16.5. The molecule has 0 aliphatic carbocycles. The number of aromatic amines is 1. The fourth-order valence-electron chi connectivity index (χ4n) is 5.39. The van der Waals surface area contributed by atoms with Gasteiger partial charge in [-0.05, 0) is 75.8 Å². The number of imidazole rings is 1. The zero-order valence-corrected chi connectivity index (χ0v) is 24.1. The van der Waals surface area contributed by atoms with Crippen molar-refractivity contribution in [3.63, 3.8) is 0 Å². The van der Waals surface area contributed by atoms with Crippen LogP contribution in [-0.2, 0) is 11.3 Å². The lowest BCUT2D eigenvalue weighted by atomic mass is 9.97. The van der Waals surface area contributed by atoms with Crippen molar-refractivity contribution in [3.8, 4) is 22.6 Å². The Labute approximate surface area is 239 Å². The van der Waals surface area contributed by atoms with Crippen molar-refractivity contribution in [2.75, 3.05) is 26.2 Å². The van der Waals surface area contributed by atoms with E-state index in [1.807, 2.05) is 44.5 Å². The molecule has 0 spiro atoms. The summed E-state index contributed by atoms with van der Waals surface area (Å²) in [5.74, 6) is 0.413. The minimum Gasteiger partial charge on any atom is -0.465 e. The van der Waals surface area contributed by atoms with Gasteiger partial charge in [0.1, 0.15) is 11.4 Å². The number of nitrogens with zero attached hydrogens (tertiary/aromatic N) is 6. The molecule has 1 aliphatic rings. The van der Waals surface area contributed by atoms with Gasteiger partial charge in [0.15, 0.2) is 12.1 Å². The Morgan fingerprint density at radius 1 is 1.10 bits per heavy atom. The zero-order valence-electron chi connectivity index (χ0n) is 24.1. The number of carbonyl (C=O) groups excluding carboxylic acids is 1. The molecule has 4 heterocycles. The van der Waals surface area contributed by atoms with Crippen LogP contribution < -0.4 is 0 Å². The van der Waals surface area contributed by atoms with Crippen molar-refractivity contribution in [1.82, 2.24) is 34.5 Å². The fraction of sp³-hybridized carbons (Fsp3) is 0.433. The van der Waals surface area contributed by atoms with Crippen LogP contribution in [0.1, 0.15) is 67.9 Å². The standard InChI is InChI=1S/C30H37N7O4/c1-5-35(6-2)29(38)24-17-32-28(33-24)27-22-14-20(11-12-25(22)37(34-27)26-10-8-9-13-41-26)23-16-31-15-21(19(23)4)18-36(7-3)30(39)40/h11-12,14-17,26H,5-10,13,18H2,1-4H3,(H,32,33)(H,39,40). The van der Waals surface area contributed by atoms with E-state index in [-0.39, 0.29) is 18.7 Å². The minimum atomic E-state index is -0.960. The van der Waals surface area contributed by atoms with E-state index in [1.54, 1.807) is 23.5 Å². The first-order chi connectivity index (χ1) is 19.9. The Hall–Kier alpha value is -4.25. The van der Waals surface area contributed by atoms with Gasteiger partial charge in [0.2, 0.25) is 0 Å². The number of ether oxygens (including phenoxy) is 1. The number of hydrogen-bond donors (Lipinski definition) is 2. The second-order valence-corrected chi connectivity index (χ2v) is 10.2. The maximum Gasteiger partial charge on any atom is 0.407 e. The van der Waals surface area contributed by atoms with Crippen molar-refractivity contribution in [2.24, 2.45) is 0 Å². The molecule has 1 unspecified atom stereocenters. The molecule has 2 N–H and O–H groups in total. The molecule has 1 aliphatic heterocycles. The molecular weight excluding hydrogens is 522 g/mol. The second kappa shape index (κ2) is 12.1. The molecule has 11 nitrogen and oxygen atoms in total. The van der Waals surface area contributed by atoms with Gasteiger partial charge in [-0.15, -0.1) is 0 Å². The van der Waals surface area contributed by atoms with Gasteiger partial charge in [0, 0.05) is 49.6 Å². The SMILES string of the molecule is CCN(Cc1cncc(-c2ccc3c(c2)c(-c2ncc(C(=O)N(CC)CC)[nH]2)nn3C2CCCCO2)c1C)C(=O)O. The molecule has 216 valence electrons. The number of carbonyl (C=O) groups is 2. The first-order valence-electron chi connectivity index (χ1n) is 14.3. The summed E-state index contributed by atoms with van der Waals surface area (Å²) in [6, 6.07) is 6.13. The van der Waals surface area contributed by atoms with Crippen LogP contribution in [0, 0.1) is 6.92 Å². The van der Waals surface area contributed by atoms with E-state index in [9.17, 15) is 14.7 Å². The fourth-order valence-corrected chi connectivity index (χ4v) is 5.39. The second-order valence-electron chi connectivity index (χ2n) is 10.2. The van der Waals surface area contributed by atoms with Gasteiger partial charge >= 0.3 is 6.09 Å². The summed E-state index contributed by atoms with van der Waals surface area (Å²) in [5.41, 5.74) is 5.63. The summed E-state index contributed by atoms with van der Waals surface area (Å²) in [7, 11) is 0. The van der Waals surface area contributed by atoms with Gasteiger partial charge in [-0.2, -0.15) is 5.10 Å². The van der Waals surface area contributed by atoms with Crippen molar-refractivity contribution in [2.45, 2.75) is 59.7 Å². The molecule has 1 saturated heterocycles. The average molecular weight is 560 g/mol. The summed E-state index contributed by atoms with van der Waals surface area (Å²) in [4.78, 5) is 39.9. The maximum absolute atomic E-state index is 13.0. The van der Waals surface area contributed by atoms with E-state index < -0.39 is 6.09 Å². The molecule has 0 saturated carbocycles. The van der Waals surface area contributed by atoms with E-state index in [4.69, 9.17) is 9.84 Å². The molecule has 41 heavy (non-hydrogen) atoms. The van der Waals surface area contributed by atoms with Gasteiger partial charge in [-0.1, -0.05) is 6.07 Å². The van der Waals surface area contributed by atoms with Gasteiger partial charge in [-0.25, -0.2) is 14.5 Å². The third kappa shape index (κ3) is 5.54. The molecule has 5 rings (SSSR count). The van der Waals surface area contributed by atoms with E-state index in [2.05, 4.69) is 21.0 Å². The smallest absolute Gasteiger partial charge is 0.407 e. The maximum atomic E-state index is 13.0. The van der Waals surface area contributed by atoms with Gasteiger partial charge in [0.05, 0.1) is 18.3 Å². The predicted octanol–water partition coefficient (Wildman–Crippen LogP) is 5.48. The van der Waals surface area contributed by atoms with Crippen LogP contribution >= 0.6 is 0 Å².